The fourth-order valence-electron chi connectivity index (χ4n) is 2.41. The van der Waals surface area contributed by atoms with Crippen LogP contribution in [0.4, 0.5) is 0 Å². The van der Waals surface area contributed by atoms with E-state index in [2.05, 4.69) is 4.72 Å². The highest BCUT2D eigenvalue weighted by Gasteiger charge is 2.28. The molecule has 2 rings (SSSR count). The van der Waals surface area contributed by atoms with Crippen LogP contribution in [0.2, 0.25) is 0 Å². The Morgan fingerprint density at radius 2 is 1.85 bits per heavy atom. The van der Waals surface area contributed by atoms with Gasteiger partial charge in [0.2, 0.25) is 10.0 Å². The molecule has 0 unspecified atom stereocenters. The molecule has 0 fully saturated rings. The first-order chi connectivity index (χ1) is 12.1. The van der Waals surface area contributed by atoms with E-state index in [1.54, 1.807) is 51.5 Å². The lowest BCUT2D eigenvalue weighted by Gasteiger charge is -2.14. The van der Waals surface area contributed by atoms with Crippen molar-refractivity contribution in [1.82, 2.24) is 14.2 Å². The van der Waals surface area contributed by atoms with Gasteiger partial charge in [0, 0.05) is 27.3 Å². The maximum absolute atomic E-state index is 12.6. The Labute approximate surface area is 152 Å². The fraction of sp³-hybridized carbons (Fsp3) is 0.294. The summed E-state index contributed by atoms with van der Waals surface area (Å²) in [4.78, 5) is 24.7. The molecule has 0 aliphatic carbocycles. The summed E-state index contributed by atoms with van der Waals surface area (Å²) >= 11 is 0. The molecule has 140 valence electrons. The summed E-state index contributed by atoms with van der Waals surface area (Å²) in [5, 5.41) is 9.37. The van der Waals surface area contributed by atoms with Crippen LogP contribution in [-0.2, 0) is 28.3 Å². The van der Waals surface area contributed by atoms with E-state index in [1.165, 1.54) is 21.7 Å². The zero-order valence-electron chi connectivity index (χ0n) is 14.7. The molecular weight excluding hydrogens is 358 g/mol. The number of aliphatic carboxylic acids is 1. The van der Waals surface area contributed by atoms with Crippen LogP contribution in [0.3, 0.4) is 0 Å². The molecule has 8 nitrogen and oxygen atoms in total. The first-order valence-electron chi connectivity index (χ1n) is 7.79. The van der Waals surface area contributed by atoms with Gasteiger partial charge in [-0.25, -0.2) is 8.42 Å². The van der Waals surface area contributed by atoms with Crippen molar-refractivity contribution in [3.05, 3.63) is 53.9 Å². The van der Waals surface area contributed by atoms with Crippen LogP contribution in [0.5, 0.6) is 0 Å². The van der Waals surface area contributed by atoms with Crippen molar-refractivity contribution >= 4 is 21.9 Å². The molecule has 0 saturated carbocycles. The number of hydrogen-bond donors (Lipinski definition) is 2. The molecule has 0 saturated heterocycles. The first-order valence-corrected chi connectivity index (χ1v) is 9.27. The molecule has 0 aliphatic rings. The molecule has 1 heterocycles. The zero-order valence-corrected chi connectivity index (χ0v) is 15.5. The molecule has 1 atom stereocenters. The Bertz CT molecular complexity index is 904. The Hall–Kier alpha value is -2.65. The fourth-order valence-corrected chi connectivity index (χ4v) is 3.67. The maximum Gasteiger partial charge on any atom is 0.322 e. The number of nitrogens with one attached hydrogen (secondary N) is 1. The average molecular weight is 379 g/mol. The molecule has 0 bridgehead atoms. The number of hydrogen-bond acceptors (Lipinski definition) is 4. The predicted molar refractivity (Wildman–Crippen MR) is 95.3 cm³/mol. The number of aryl methyl sites for hydroxylation is 1. The van der Waals surface area contributed by atoms with Gasteiger partial charge in [0.15, 0.2) is 0 Å². The third kappa shape index (κ3) is 4.50. The molecule has 2 aromatic rings. The first kappa shape index (κ1) is 19.7. The summed E-state index contributed by atoms with van der Waals surface area (Å²) in [5.41, 5.74) is 0.879. The van der Waals surface area contributed by atoms with Crippen LogP contribution < -0.4 is 4.72 Å². The Balaban J connectivity index is 2.27. The second kappa shape index (κ2) is 7.71. The zero-order chi connectivity index (χ0) is 19.5. The van der Waals surface area contributed by atoms with Crippen molar-refractivity contribution < 1.29 is 23.1 Å². The van der Waals surface area contributed by atoms with E-state index in [9.17, 15) is 23.1 Å². The number of amides is 1. The van der Waals surface area contributed by atoms with E-state index >= 15 is 0 Å². The standard InChI is InChI=1S/C17H21N3O5S/c1-19(2)16(21)15-10-13(11-20(15)3)26(24,25)18-14(17(22)23)9-12-7-5-4-6-8-12/h4-8,10-11,14,18H,9H2,1-3H3,(H,22,23)/t14-/m0/s1. The largest absolute Gasteiger partial charge is 0.480 e. The topological polar surface area (TPSA) is 109 Å². The van der Waals surface area contributed by atoms with E-state index in [-0.39, 0.29) is 22.9 Å². The molecule has 1 aromatic heterocycles. The van der Waals surface area contributed by atoms with Crippen LogP contribution in [0.1, 0.15) is 16.1 Å². The van der Waals surface area contributed by atoms with Crippen molar-refractivity contribution in [2.24, 2.45) is 7.05 Å². The molecule has 1 amide bonds. The average Bonchev–Trinajstić information content (AvgIpc) is 2.96. The monoisotopic (exact) mass is 379 g/mol. The second-order valence-electron chi connectivity index (χ2n) is 6.07. The van der Waals surface area contributed by atoms with Gasteiger partial charge in [0.05, 0.1) is 0 Å². The Morgan fingerprint density at radius 1 is 1.23 bits per heavy atom. The van der Waals surface area contributed by atoms with Gasteiger partial charge in [-0.2, -0.15) is 4.72 Å². The normalized spacial score (nSPS) is 12.6. The van der Waals surface area contributed by atoms with E-state index in [1.807, 2.05) is 0 Å². The predicted octanol–water partition coefficient (Wildman–Crippen LogP) is 0.701. The molecule has 1 aromatic carbocycles. The summed E-state index contributed by atoms with van der Waals surface area (Å²) in [6, 6.07) is 8.64. The molecule has 0 radical (unpaired) electrons. The van der Waals surface area contributed by atoms with Gasteiger partial charge in [-0.05, 0) is 18.1 Å². The van der Waals surface area contributed by atoms with Crippen LogP contribution in [0.15, 0.2) is 47.5 Å². The van der Waals surface area contributed by atoms with Gasteiger partial charge in [-0.15, -0.1) is 0 Å². The van der Waals surface area contributed by atoms with Crippen molar-refractivity contribution in [1.29, 1.82) is 0 Å². The number of carboxylic acids is 1. The number of aromatic nitrogens is 1. The molecule has 26 heavy (non-hydrogen) atoms. The highest BCUT2D eigenvalue weighted by Crippen LogP contribution is 2.16. The summed E-state index contributed by atoms with van der Waals surface area (Å²) < 4.78 is 28.8. The highest BCUT2D eigenvalue weighted by atomic mass is 32.2. The van der Waals surface area contributed by atoms with Gasteiger partial charge >= 0.3 is 5.97 Å². The maximum atomic E-state index is 12.6. The van der Waals surface area contributed by atoms with Crippen LogP contribution >= 0.6 is 0 Å². The van der Waals surface area contributed by atoms with Crippen molar-refractivity contribution in [3.8, 4) is 0 Å². The molecule has 2 N–H and O–H groups in total. The minimum atomic E-state index is -4.11. The number of nitrogens with zero attached hydrogens (tertiary/aromatic N) is 2. The summed E-state index contributed by atoms with van der Waals surface area (Å²) in [6.45, 7) is 0. The molecule has 0 aliphatic heterocycles. The van der Waals surface area contributed by atoms with Gasteiger partial charge < -0.3 is 14.6 Å². The second-order valence-corrected chi connectivity index (χ2v) is 7.79. The number of sulfonamides is 1. The van der Waals surface area contributed by atoms with Gasteiger partial charge in [-0.3, -0.25) is 9.59 Å². The van der Waals surface area contributed by atoms with Gasteiger partial charge in [-0.1, -0.05) is 30.3 Å². The molecular formula is C17H21N3O5S. The minimum absolute atomic E-state index is 0.00568. The quantitative estimate of drug-likeness (QED) is 0.736. The van der Waals surface area contributed by atoms with E-state index in [4.69, 9.17) is 0 Å². The smallest absolute Gasteiger partial charge is 0.322 e. The van der Waals surface area contributed by atoms with Crippen LogP contribution in [0.25, 0.3) is 0 Å². The van der Waals surface area contributed by atoms with Gasteiger partial charge in [0.25, 0.3) is 5.91 Å². The van der Waals surface area contributed by atoms with Crippen molar-refractivity contribution in [3.63, 3.8) is 0 Å². The highest BCUT2D eigenvalue weighted by molar-refractivity contribution is 7.89. The lowest BCUT2D eigenvalue weighted by Crippen LogP contribution is -2.42. The summed E-state index contributed by atoms with van der Waals surface area (Å²) in [6.07, 6.45) is 1.28. The van der Waals surface area contributed by atoms with E-state index in [0.717, 1.165) is 0 Å². The van der Waals surface area contributed by atoms with E-state index < -0.39 is 22.0 Å². The lowest BCUT2D eigenvalue weighted by molar-refractivity contribution is -0.138. The van der Waals surface area contributed by atoms with Gasteiger partial charge in [0.1, 0.15) is 16.6 Å². The number of benzene rings is 1. The Kier molecular flexibility index (Phi) is 5.83. The van der Waals surface area contributed by atoms with Crippen molar-refractivity contribution in [2.45, 2.75) is 17.4 Å². The SMILES string of the molecule is CN(C)C(=O)c1cc(S(=O)(=O)N[C@@H](Cc2ccccc2)C(=O)O)cn1C. The third-order valence-corrected chi connectivity index (χ3v) is 5.23. The summed E-state index contributed by atoms with van der Waals surface area (Å²) in [7, 11) is 0.557. The number of carbonyl (C=O) groups excluding carboxylic acids is 1. The van der Waals surface area contributed by atoms with Crippen LogP contribution in [-0.4, -0.2) is 55.0 Å². The number of rotatable bonds is 7. The van der Waals surface area contributed by atoms with E-state index in [0.29, 0.717) is 5.56 Å². The number of carboxylic acid groups (broad SMARTS) is 1. The molecule has 0 spiro atoms. The minimum Gasteiger partial charge on any atom is -0.480 e. The molecule has 9 heteroatoms. The van der Waals surface area contributed by atoms with Crippen molar-refractivity contribution in [2.75, 3.05) is 14.1 Å². The van der Waals surface area contributed by atoms with Crippen LogP contribution in [0, 0.1) is 0 Å². The summed E-state index contributed by atoms with van der Waals surface area (Å²) in [5.74, 6) is -1.63. The lowest BCUT2D eigenvalue weighted by atomic mass is 10.1. The number of carbonyl (C=O) groups is 2. The Morgan fingerprint density at radius 3 is 2.38 bits per heavy atom. The third-order valence-electron chi connectivity index (χ3n) is 3.79.